The second kappa shape index (κ2) is 1.97. The summed E-state index contributed by atoms with van der Waals surface area (Å²) in [6.45, 7) is 4.84. The molecule has 0 aromatic heterocycles. The summed E-state index contributed by atoms with van der Waals surface area (Å²) in [7, 11) is 0. The first-order valence-corrected chi connectivity index (χ1v) is 2.82. The van der Waals surface area contributed by atoms with Gasteiger partial charge in [0.1, 0.15) is 0 Å². The molecule has 0 saturated heterocycles. The van der Waals surface area contributed by atoms with Crippen molar-refractivity contribution < 1.29 is 0 Å². The maximum atomic E-state index is 5.27. The quantitative estimate of drug-likeness (QED) is 0.536. The number of rotatable bonds is 1. The Morgan fingerprint density at radius 1 is 1.67 bits per heavy atom. The Morgan fingerprint density at radius 3 is 1.83 bits per heavy atom. The van der Waals surface area contributed by atoms with Crippen LogP contribution in [0.4, 0.5) is 0 Å². The van der Waals surface area contributed by atoms with Crippen LogP contribution < -0.4 is 5.73 Å². The van der Waals surface area contributed by atoms with E-state index >= 15 is 0 Å². The molecule has 0 aliphatic carbocycles. The van der Waals surface area contributed by atoms with Crippen LogP contribution in [0.25, 0.3) is 0 Å². The fraction of sp³-hybridized carbons (Fsp3) is 1.00. The fourth-order valence-corrected chi connectivity index (χ4v) is 0. The van der Waals surface area contributed by atoms with E-state index in [0.29, 0.717) is 6.54 Å². The van der Waals surface area contributed by atoms with Crippen molar-refractivity contribution in [2.24, 2.45) is 5.73 Å². The molecule has 2 N–H and O–H groups in total. The summed E-state index contributed by atoms with van der Waals surface area (Å²) in [5, 5.41) is 0. The number of hydrogen-bond acceptors (Lipinski definition) is 1. The zero-order chi connectivity index (χ0) is 5.21. The molecule has 1 radical (unpaired) electrons. The summed E-state index contributed by atoms with van der Waals surface area (Å²) in [6.07, 6.45) is 0. The Morgan fingerprint density at radius 2 is 1.83 bits per heavy atom. The fourth-order valence-electron chi connectivity index (χ4n) is 0. The van der Waals surface area contributed by atoms with Crippen LogP contribution in [0.5, 0.6) is 0 Å². The topological polar surface area (TPSA) is 26.0 Å². The summed E-state index contributed by atoms with van der Waals surface area (Å²) in [5.41, 5.74) is 5.27. The van der Waals surface area contributed by atoms with E-state index in [1.54, 1.807) is 0 Å². The third-order valence-corrected chi connectivity index (χ3v) is 0.841. The monoisotopic (exact) mass is 152 g/mol. The standard InChI is InChI=1S/C4H10NSe/c1-4(2,6)3-5/h3,5H2,1-2H3. The summed E-state index contributed by atoms with van der Waals surface area (Å²) in [6, 6.07) is 0. The Labute approximate surface area is 47.1 Å². The molecule has 0 heterocycles. The number of nitrogens with two attached hydrogens (primary N) is 1. The molecule has 0 aliphatic heterocycles. The minimum absolute atomic E-state index is 0.194. The van der Waals surface area contributed by atoms with E-state index in [2.05, 4.69) is 29.9 Å². The van der Waals surface area contributed by atoms with Gasteiger partial charge in [-0.15, -0.1) is 0 Å². The van der Waals surface area contributed by atoms with Crippen LogP contribution in [-0.2, 0) is 0 Å². The van der Waals surface area contributed by atoms with Gasteiger partial charge in [-0.05, 0) is 0 Å². The van der Waals surface area contributed by atoms with Gasteiger partial charge in [0, 0.05) is 0 Å². The Hall–Kier alpha value is 0.479. The van der Waals surface area contributed by atoms with Gasteiger partial charge in [-0.1, -0.05) is 0 Å². The molecule has 6 heavy (non-hydrogen) atoms. The van der Waals surface area contributed by atoms with Crippen molar-refractivity contribution in [1.29, 1.82) is 0 Å². The average Bonchev–Trinajstić information content (AvgIpc) is 1.35. The van der Waals surface area contributed by atoms with Gasteiger partial charge < -0.3 is 0 Å². The summed E-state index contributed by atoms with van der Waals surface area (Å²) >= 11 is 2.94. The molecule has 0 unspecified atom stereocenters. The van der Waals surface area contributed by atoms with Gasteiger partial charge >= 0.3 is 46.5 Å². The Balaban J connectivity index is 3.17. The molecule has 0 aliphatic rings. The molecule has 37 valence electrons. The van der Waals surface area contributed by atoms with Crippen molar-refractivity contribution in [3.8, 4) is 0 Å². The molecule has 0 spiro atoms. The van der Waals surface area contributed by atoms with Crippen LogP contribution in [0.1, 0.15) is 13.8 Å². The van der Waals surface area contributed by atoms with Crippen molar-refractivity contribution in [2.45, 2.75) is 18.2 Å². The van der Waals surface area contributed by atoms with Gasteiger partial charge in [0.15, 0.2) is 0 Å². The van der Waals surface area contributed by atoms with Crippen LogP contribution >= 0.6 is 0 Å². The zero-order valence-electron chi connectivity index (χ0n) is 4.19. The summed E-state index contributed by atoms with van der Waals surface area (Å²) in [4.78, 5) is 0. The third kappa shape index (κ3) is 4.48. The molecule has 0 amide bonds. The molecule has 0 rings (SSSR count). The van der Waals surface area contributed by atoms with Gasteiger partial charge in [-0.3, -0.25) is 0 Å². The second-order valence-corrected chi connectivity index (χ2v) is 4.28. The SMILES string of the molecule is CC(C)([Se])CN. The molecule has 0 fully saturated rings. The molecular formula is C4H10NSe. The first-order chi connectivity index (χ1) is 2.56. The molecule has 0 atom stereocenters. The molecule has 0 saturated carbocycles. The van der Waals surface area contributed by atoms with E-state index in [1.807, 2.05) is 0 Å². The molecule has 0 aromatic carbocycles. The van der Waals surface area contributed by atoms with Crippen LogP contribution in [0.15, 0.2) is 0 Å². The van der Waals surface area contributed by atoms with Gasteiger partial charge in [0.25, 0.3) is 0 Å². The molecule has 0 aromatic rings. The Kier molecular flexibility index (Phi) is 2.12. The van der Waals surface area contributed by atoms with Crippen LogP contribution in [0, 0.1) is 0 Å². The zero-order valence-corrected chi connectivity index (χ0v) is 5.91. The van der Waals surface area contributed by atoms with E-state index in [9.17, 15) is 0 Å². The van der Waals surface area contributed by atoms with Gasteiger partial charge in [-0.2, -0.15) is 0 Å². The number of hydrogen-bond donors (Lipinski definition) is 1. The maximum absolute atomic E-state index is 5.27. The molecule has 2 heteroatoms. The van der Waals surface area contributed by atoms with Crippen molar-refractivity contribution in [1.82, 2.24) is 0 Å². The van der Waals surface area contributed by atoms with Gasteiger partial charge in [-0.25, -0.2) is 0 Å². The first-order valence-electron chi connectivity index (χ1n) is 1.97. The van der Waals surface area contributed by atoms with E-state index in [1.165, 1.54) is 0 Å². The van der Waals surface area contributed by atoms with Crippen LogP contribution in [-0.4, -0.2) is 22.6 Å². The molecular weight excluding hydrogens is 141 g/mol. The van der Waals surface area contributed by atoms with Crippen molar-refractivity contribution in [3.63, 3.8) is 0 Å². The average molecular weight is 151 g/mol. The predicted octanol–water partition coefficient (Wildman–Crippen LogP) is 0.312. The van der Waals surface area contributed by atoms with Gasteiger partial charge in [0.2, 0.25) is 0 Å². The second-order valence-electron chi connectivity index (χ2n) is 1.96. The Bertz CT molecular complexity index is 37.3. The van der Waals surface area contributed by atoms with E-state index in [4.69, 9.17) is 5.73 Å². The summed E-state index contributed by atoms with van der Waals surface area (Å²) < 4.78 is 0.194. The minimum atomic E-state index is 0.194. The van der Waals surface area contributed by atoms with E-state index < -0.39 is 0 Å². The summed E-state index contributed by atoms with van der Waals surface area (Å²) in [5.74, 6) is 0. The predicted molar refractivity (Wildman–Crippen MR) is 28.8 cm³/mol. The van der Waals surface area contributed by atoms with Crippen molar-refractivity contribution in [3.05, 3.63) is 0 Å². The van der Waals surface area contributed by atoms with Crippen LogP contribution in [0.2, 0.25) is 4.31 Å². The van der Waals surface area contributed by atoms with Crippen molar-refractivity contribution in [2.75, 3.05) is 6.54 Å². The first kappa shape index (κ1) is 6.48. The van der Waals surface area contributed by atoms with E-state index in [-0.39, 0.29) is 4.31 Å². The molecule has 1 nitrogen and oxygen atoms in total. The van der Waals surface area contributed by atoms with Crippen LogP contribution in [0.3, 0.4) is 0 Å². The third-order valence-electron chi connectivity index (χ3n) is 0.492. The van der Waals surface area contributed by atoms with E-state index in [0.717, 1.165) is 0 Å². The normalized spacial score (nSPS) is 12.0. The van der Waals surface area contributed by atoms with Crippen molar-refractivity contribution >= 4 is 16.0 Å². The van der Waals surface area contributed by atoms with Gasteiger partial charge in [0.05, 0.1) is 0 Å². The molecule has 0 bridgehead atoms.